The smallest absolute Gasteiger partial charge is 0.349 e. The minimum absolute atomic E-state index is 0.0681. The van der Waals surface area contributed by atoms with Gasteiger partial charge in [-0.25, -0.2) is 0 Å². The molecular weight excluding hydrogens is 610 g/mol. The van der Waals surface area contributed by atoms with Gasteiger partial charge in [-0.15, -0.1) is 0 Å². The minimum Gasteiger partial charge on any atom is -0.363 e. The summed E-state index contributed by atoms with van der Waals surface area (Å²) >= 11 is 0. The lowest BCUT2D eigenvalue weighted by Crippen LogP contribution is -2.63. The first-order valence-corrected chi connectivity index (χ1v) is 16.0. The molecule has 2 aliphatic rings. The second-order valence-corrected chi connectivity index (χ2v) is 12.3. The van der Waals surface area contributed by atoms with Crippen molar-refractivity contribution in [2.75, 3.05) is 38.5 Å². The van der Waals surface area contributed by atoms with Crippen LogP contribution < -0.4 is 16.0 Å². The Morgan fingerprint density at radius 3 is 2.28 bits per heavy atom. The van der Waals surface area contributed by atoms with Gasteiger partial charge in [-0.2, -0.15) is 14.0 Å². The van der Waals surface area contributed by atoms with E-state index in [1.807, 2.05) is 12.4 Å². The number of alkyl halides is 2. The van der Waals surface area contributed by atoms with Crippen molar-refractivity contribution in [1.29, 1.82) is 5.26 Å². The van der Waals surface area contributed by atoms with Crippen LogP contribution in [0.4, 0.5) is 14.5 Å². The molecule has 0 spiro atoms. The summed E-state index contributed by atoms with van der Waals surface area (Å²) in [4.78, 5) is 56.0. The summed E-state index contributed by atoms with van der Waals surface area (Å²) in [6, 6.07) is 11.8. The van der Waals surface area contributed by atoms with Crippen LogP contribution in [0.2, 0.25) is 0 Å². The Hall–Kier alpha value is -4.41. The molecule has 2 aromatic rings. The molecule has 47 heavy (non-hydrogen) atoms. The van der Waals surface area contributed by atoms with E-state index in [4.69, 9.17) is 5.26 Å². The molecule has 4 amide bonds. The standard InChI is InChI=1S/C34H42F2N6O5/c1-3-29(43)39-28(30(44)42-18-16-41(2)17-19-42)21-23-12-14-27(15-13-23)38-32(46)34(47,25-9-5-4-6-10-25)40-31(45)33(35,36)26-11-7-8-24(20-26)22-37/h7-8,11-15,20,25,28,47H,3-6,9-10,16-19,21H2,1-2H3,(H,38,46)(H,39,43)(H,40,45)/t28-,34+/m1/s1. The van der Waals surface area contributed by atoms with Crippen molar-refractivity contribution in [2.45, 2.75) is 69.6 Å². The van der Waals surface area contributed by atoms with Crippen LogP contribution >= 0.6 is 0 Å². The highest BCUT2D eigenvalue weighted by atomic mass is 19.3. The maximum atomic E-state index is 15.3. The summed E-state index contributed by atoms with van der Waals surface area (Å²) < 4.78 is 30.6. The zero-order valence-corrected chi connectivity index (χ0v) is 26.7. The number of likely N-dealkylation sites (N-methyl/N-ethyl adjacent to an activating group) is 1. The lowest BCUT2D eigenvalue weighted by Gasteiger charge is -2.38. The van der Waals surface area contributed by atoms with E-state index in [0.29, 0.717) is 44.3 Å². The molecule has 0 bridgehead atoms. The number of nitrogens with zero attached hydrogens (tertiary/aromatic N) is 3. The number of piperazine rings is 1. The molecule has 1 saturated heterocycles. The molecule has 1 aliphatic carbocycles. The summed E-state index contributed by atoms with van der Waals surface area (Å²) in [5.74, 6) is -8.32. The van der Waals surface area contributed by atoms with Gasteiger partial charge >= 0.3 is 5.92 Å². The normalized spacial score (nSPS) is 17.9. The number of nitriles is 1. The second-order valence-electron chi connectivity index (χ2n) is 12.3. The van der Waals surface area contributed by atoms with Gasteiger partial charge in [0.05, 0.1) is 11.6 Å². The van der Waals surface area contributed by atoms with Crippen LogP contribution in [0, 0.1) is 17.2 Å². The Morgan fingerprint density at radius 2 is 1.66 bits per heavy atom. The van der Waals surface area contributed by atoms with E-state index in [-0.39, 0.29) is 35.9 Å². The fourth-order valence-corrected chi connectivity index (χ4v) is 5.96. The Morgan fingerprint density at radius 1 is 1.00 bits per heavy atom. The molecule has 252 valence electrons. The molecule has 2 aromatic carbocycles. The molecule has 2 atom stereocenters. The van der Waals surface area contributed by atoms with Gasteiger partial charge < -0.3 is 30.9 Å². The van der Waals surface area contributed by atoms with Crippen LogP contribution in [-0.4, -0.2) is 83.5 Å². The zero-order valence-electron chi connectivity index (χ0n) is 26.7. The van der Waals surface area contributed by atoms with E-state index in [0.717, 1.165) is 31.6 Å². The van der Waals surface area contributed by atoms with Crippen molar-refractivity contribution in [3.8, 4) is 6.07 Å². The van der Waals surface area contributed by atoms with Gasteiger partial charge in [0.2, 0.25) is 17.5 Å². The molecule has 1 aliphatic heterocycles. The van der Waals surface area contributed by atoms with E-state index in [9.17, 15) is 24.3 Å². The number of carbonyl (C=O) groups excluding carboxylic acids is 4. The minimum atomic E-state index is -4.14. The van der Waals surface area contributed by atoms with Crippen molar-refractivity contribution in [3.05, 3.63) is 65.2 Å². The van der Waals surface area contributed by atoms with Gasteiger partial charge in [0.25, 0.3) is 11.8 Å². The molecular formula is C34H42F2N6O5. The molecule has 11 nitrogen and oxygen atoms in total. The summed E-state index contributed by atoms with van der Waals surface area (Å²) in [5.41, 5.74) is -2.52. The fraction of sp³-hybridized carbons (Fsp3) is 0.500. The molecule has 1 saturated carbocycles. The average molecular weight is 653 g/mol. The molecule has 0 aromatic heterocycles. The van der Waals surface area contributed by atoms with E-state index in [1.165, 1.54) is 24.3 Å². The molecule has 13 heteroatoms. The highest BCUT2D eigenvalue weighted by Gasteiger charge is 2.51. The monoisotopic (exact) mass is 652 g/mol. The van der Waals surface area contributed by atoms with E-state index >= 15 is 8.78 Å². The summed E-state index contributed by atoms with van der Waals surface area (Å²) in [6.45, 7) is 4.27. The number of hydrogen-bond donors (Lipinski definition) is 4. The van der Waals surface area contributed by atoms with Crippen molar-refractivity contribution >= 4 is 29.3 Å². The number of nitrogens with one attached hydrogen (secondary N) is 3. The lowest BCUT2D eigenvalue weighted by atomic mass is 9.80. The topological polar surface area (TPSA) is 155 Å². The quantitative estimate of drug-likeness (QED) is 0.272. The molecule has 2 fully saturated rings. The van der Waals surface area contributed by atoms with Crippen LogP contribution in [0.15, 0.2) is 48.5 Å². The molecule has 4 N–H and O–H groups in total. The number of amides is 4. The molecule has 4 rings (SSSR count). The Kier molecular flexibility index (Phi) is 11.7. The van der Waals surface area contributed by atoms with Crippen LogP contribution in [0.3, 0.4) is 0 Å². The first-order chi connectivity index (χ1) is 22.4. The van der Waals surface area contributed by atoms with Crippen LogP contribution in [-0.2, 0) is 31.5 Å². The van der Waals surface area contributed by atoms with Crippen molar-refractivity contribution in [1.82, 2.24) is 20.4 Å². The third-order valence-electron chi connectivity index (χ3n) is 8.91. The van der Waals surface area contributed by atoms with Gasteiger partial charge in [-0.1, -0.05) is 50.5 Å². The summed E-state index contributed by atoms with van der Waals surface area (Å²) in [7, 11) is 1.98. The van der Waals surface area contributed by atoms with E-state index in [1.54, 1.807) is 30.0 Å². The fourth-order valence-electron chi connectivity index (χ4n) is 5.96. The highest BCUT2D eigenvalue weighted by Crippen LogP contribution is 2.35. The number of rotatable bonds is 11. The first kappa shape index (κ1) is 35.4. The number of halogens is 2. The van der Waals surface area contributed by atoms with Gasteiger partial charge in [-0.05, 0) is 49.7 Å². The largest absolute Gasteiger partial charge is 0.363 e. The Balaban J connectivity index is 1.50. The predicted molar refractivity (Wildman–Crippen MR) is 170 cm³/mol. The maximum Gasteiger partial charge on any atom is 0.349 e. The number of aliphatic hydroxyl groups is 1. The lowest BCUT2D eigenvalue weighted by molar-refractivity contribution is -0.166. The van der Waals surface area contributed by atoms with Crippen molar-refractivity contribution < 1.29 is 33.1 Å². The van der Waals surface area contributed by atoms with Crippen LogP contribution in [0.25, 0.3) is 0 Å². The first-order valence-electron chi connectivity index (χ1n) is 16.0. The Bertz CT molecular complexity index is 1480. The third kappa shape index (κ3) is 8.69. The number of anilines is 1. The average Bonchev–Trinajstić information content (AvgIpc) is 3.08. The van der Waals surface area contributed by atoms with Crippen molar-refractivity contribution in [2.24, 2.45) is 5.92 Å². The predicted octanol–water partition coefficient (Wildman–Crippen LogP) is 2.89. The summed E-state index contributed by atoms with van der Waals surface area (Å²) in [6.07, 6.45) is 3.24. The number of benzene rings is 2. The van der Waals surface area contributed by atoms with Gasteiger partial charge in [0.1, 0.15) is 6.04 Å². The third-order valence-corrected chi connectivity index (χ3v) is 8.91. The second kappa shape index (κ2) is 15.5. The van der Waals surface area contributed by atoms with Gasteiger partial charge in [0, 0.05) is 56.2 Å². The van der Waals surface area contributed by atoms with E-state index < -0.39 is 41.0 Å². The molecule has 1 heterocycles. The number of hydrogen-bond acceptors (Lipinski definition) is 7. The maximum absolute atomic E-state index is 15.3. The van der Waals surface area contributed by atoms with E-state index in [2.05, 4.69) is 15.5 Å². The van der Waals surface area contributed by atoms with Gasteiger partial charge in [-0.3, -0.25) is 19.2 Å². The summed E-state index contributed by atoms with van der Waals surface area (Å²) in [5, 5.41) is 28.0. The SMILES string of the molecule is CCC(=O)N[C@H](Cc1ccc(NC(=O)[C@](O)(NC(=O)C(F)(F)c2cccc(C#N)c2)C2CCCCC2)cc1)C(=O)N1CCN(C)CC1. The molecule has 0 radical (unpaired) electrons. The Labute approximate surface area is 273 Å². The van der Waals surface area contributed by atoms with Crippen LogP contribution in [0.1, 0.15) is 62.1 Å². The number of carbonyl (C=O) groups is 4. The molecule has 0 unspecified atom stereocenters. The van der Waals surface area contributed by atoms with Crippen LogP contribution in [0.5, 0.6) is 0 Å². The van der Waals surface area contributed by atoms with Crippen molar-refractivity contribution in [3.63, 3.8) is 0 Å². The highest BCUT2D eigenvalue weighted by molar-refractivity contribution is 6.00. The van der Waals surface area contributed by atoms with Gasteiger partial charge in [0.15, 0.2) is 0 Å². The zero-order chi connectivity index (χ0) is 34.2.